The summed E-state index contributed by atoms with van der Waals surface area (Å²) in [5.41, 5.74) is 2.55. The van der Waals surface area contributed by atoms with Crippen LogP contribution < -0.4 is 10.7 Å². The normalized spacial score (nSPS) is 20.0. The first-order valence-electron chi connectivity index (χ1n) is 7.94. The molecule has 0 aromatic carbocycles. The number of hydrogen-bond donors (Lipinski definition) is 2. The molecule has 1 saturated carbocycles. The number of carbonyl (C=O) groups is 3. The van der Waals surface area contributed by atoms with Crippen molar-refractivity contribution in [2.75, 3.05) is 0 Å². The lowest BCUT2D eigenvalue weighted by Crippen LogP contribution is -2.50. The van der Waals surface area contributed by atoms with Crippen LogP contribution in [0.1, 0.15) is 44.1 Å². The van der Waals surface area contributed by atoms with E-state index in [-0.39, 0.29) is 18.2 Å². The Morgan fingerprint density at radius 3 is 2.74 bits per heavy atom. The maximum Gasteiger partial charge on any atom is 0.344 e. The lowest BCUT2D eigenvalue weighted by atomic mass is 9.82. The Bertz CT molecular complexity index is 633. The van der Waals surface area contributed by atoms with E-state index in [1.54, 1.807) is 17.9 Å². The molecule has 3 rings (SSSR count). The number of urea groups is 1. The summed E-state index contributed by atoms with van der Waals surface area (Å²) < 4.78 is 1.66. The number of amides is 4. The first-order chi connectivity index (χ1) is 11.0. The highest BCUT2D eigenvalue weighted by molar-refractivity contribution is 6.07. The van der Waals surface area contributed by atoms with Crippen LogP contribution in [0.5, 0.6) is 0 Å². The topological polar surface area (TPSA) is 96.3 Å². The fraction of sp³-hybridized carbons (Fsp3) is 0.600. The Hall–Kier alpha value is -2.38. The standard InChI is InChI=1S/C15H21N5O3/c1-19-10-11(9-16-19)5-6-12(21)18-20-13(22)15(17-14(20)23)7-3-2-4-8-15/h9-10H,2-8H2,1H3,(H,17,23)(H,18,21). The molecular formula is C15H21N5O3. The molecule has 2 fully saturated rings. The number of aryl methyl sites for hydroxylation is 2. The summed E-state index contributed by atoms with van der Waals surface area (Å²) in [6, 6.07) is -0.536. The van der Waals surface area contributed by atoms with E-state index in [2.05, 4.69) is 15.8 Å². The van der Waals surface area contributed by atoms with Crippen molar-refractivity contribution in [1.29, 1.82) is 0 Å². The number of rotatable bonds is 4. The highest BCUT2D eigenvalue weighted by Gasteiger charge is 2.52. The molecule has 1 aromatic heterocycles. The van der Waals surface area contributed by atoms with Crippen molar-refractivity contribution < 1.29 is 14.4 Å². The molecule has 2 heterocycles. The minimum absolute atomic E-state index is 0.190. The second-order valence-corrected chi connectivity index (χ2v) is 6.27. The highest BCUT2D eigenvalue weighted by Crippen LogP contribution is 2.32. The van der Waals surface area contributed by atoms with E-state index in [9.17, 15) is 14.4 Å². The van der Waals surface area contributed by atoms with Gasteiger partial charge < -0.3 is 5.32 Å². The minimum atomic E-state index is -0.814. The average Bonchev–Trinajstić information content (AvgIpc) is 3.04. The molecule has 1 aliphatic heterocycles. The zero-order valence-corrected chi connectivity index (χ0v) is 13.2. The maximum absolute atomic E-state index is 12.5. The third-order valence-corrected chi connectivity index (χ3v) is 4.50. The Kier molecular flexibility index (Phi) is 4.06. The Morgan fingerprint density at radius 2 is 2.09 bits per heavy atom. The lowest BCUT2D eigenvalue weighted by Gasteiger charge is -2.30. The molecule has 0 radical (unpaired) electrons. The van der Waals surface area contributed by atoms with E-state index >= 15 is 0 Å². The van der Waals surface area contributed by atoms with Crippen molar-refractivity contribution in [3.63, 3.8) is 0 Å². The van der Waals surface area contributed by atoms with Crippen LogP contribution >= 0.6 is 0 Å². The number of aromatic nitrogens is 2. The zero-order valence-electron chi connectivity index (χ0n) is 13.2. The van der Waals surface area contributed by atoms with E-state index in [4.69, 9.17) is 0 Å². The molecule has 8 nitrogen and oxygen atoms in total. The number of nitrogens with zero attached hydrogens (tertiary/aromatic N) is 3. The second-order valence-electron chi connectivity index (χ2n) is 6.27. The van der Waals surface area contributed by atoms with Crippen LogP contribution in [0, 0.1) is 0 Å². The van der Waals surface area contributed by atoms with Gasteiger partial charge in [0, 0.05) is 19.7 Å². The van der Waals surface area contributed by atoms with Crippen molar-refractivity contribution in [2.45, 2.75) is 50.5 Å². The highest BCUT2D eigenvalue weighted by atomic mass is 16.2. The molecule has 1 saturated heterocycles. The van der Waals surface area contributed by atoms with Gasteiger partial charge in [0.25, 0.3) is 5.91 Å². The summed E-state index contributed by atoms with van der Waals surface area (Å²) >= 11 is 0. The van der Waals surface area contributed by atoms with E-state index in [0.29, 0.717) is 19.3 Å². The van der Waals surface area contributed by atoms with Gasteiger partial charge in [0.05, 0.1) is 6.20 Å². The Labute approximate surface area is 134 Å². The van der Waals surface area contributed by atoms with Gasteiger partial charge in [-0.2, -0.15) is 10.1 Å². The molecule has 1 aliphatic carbocycles. The molecule has 1 aromatic rings. The van der Waals surface area contributed by atoms with Crippen LogP contribution in [-0.2, 0) is 23.1 Å². The van der Waals surface area contributed by atoms with E-state index in [1.807, 2.05) is 6.20 Å². The summed E-state index contributed by atoms with van der Waals surface area (Å²) in [7, 11) is 1.81. The SMILES string of the molecule is Cn1cc(CCC(=O)NN2C(=O)NC3(CCCCC3)C2=O)cn1. The molecule has 2 N–H and O–H groups in total. The van der Waals surface area contributed by atoms with Gasteiger partial charge in [0.2, 0.25) is 5.91 Å². The minimum Gasteiger partial charge on any atom is -0.322 e. The van der Waals surface area contributed by atoms with Gasteiger partial charge in [-0.25, -0.2) is 4.79 Å². The maximum atomic E-state index is 12.5. The van der Waals surface area contributed by atoms with Gasteiger partial charge in [0.1, 0.15) is 5.54 Å². The smallest absolute Gasteiger partial charge is 0.322 e. The molecule has 8 heteroatoms. The molecular weight excluding hydrogens is 298 g/mol. The van der Waals surface area contributed by atoms with Crippen LogP contribution in [-0.4, -0.2) is 38.2 Å². The van der Waals surface area contributed by atoms with E-state index in [1.165, 1.54) is 0 Å². The summed E-state index contributed by atoms with van der Waals surface area (Å²) in [5, 5.41) is 7.64. The summed E-state index contributed by atoms with van der Waals surface area (Å²) in [4.78, 5) is 36.6. The van der Waals surface area contributed by atoms with Crippen LogP contribution in [0.25, 0.3) is 0 Å². The quantitative estimate of drug-likeness (QED) is 0.796. The first-order valence-corrected chi connectivity index (χ1v) is 7.94. The van der Waals surface area contributed by atoms with Gasteiger partial charge in [-0.15, -0.1) is 0 Å². The van der Waals surface area contributed by atoms with Crippen molar-refractivity contribution in [1.82, 2.24) is 25.5 Å². The van der Waals surface area contributed by atoms with Gasteiger partial charge in [-0.05, 0) is 24.8 Å². The number of imide groups is 1. The van der Waals surface area contributed by atoms with Gasteiger partial charge in [-0.3, -0.25) is 19.7 Å². The van der Waals surface area contributed by atoms with E-state index in [0.717, 1.165) is 29.8 Å². The van der Waals surface area contributed by atoms with Crippen molar-refractivity contribution in [2.24, 2.45) is 7.05 Å². The molecule has 4 amide bonds. The molecule has 124 valence electrons. The van der Waals surface area contributed by atoms with Gasteiger partial charge >= 0.3 is 6.03 Å². The third-order valence-electron chi connectivity index (χ3n) is 4.50. The number of hydrazine groups is 1. The second kappa shape index (κ2) is 6.02. The van der Waals surface area contributed by atoms with Gasteiger partial charge in [0.15, 0.2) is 0 Å². The van der Waals surface area contributed by atoms with Crippen LogP contribution in [0.15, 0.2) is 12.4 Å². The predicted molar refractivity (Wildman–Crippen MR) is 80.9 cm³/mol. The molecule has 0 bridgehead atoms. The number of nitrogens with one attached hydrogen (secondary N) is 2. The van der Waals surface area contributed by atoms with Crippen molar-refractivity contribution >= 4 is 17.8 Å². The number of carbonyl (C=O) groups excluding carboxylic acids is 3. The molecule has 1 spiro atoms. The van der Waals surface area contributed by atoms with Crippen LogP contribution in [0.3, 0.4) is 0 Å². The van der Waals surface area contributed by atoms with E-state index < -0.39 is 11.6 Å². The zero-order chi connectivity index (χ0) is 16.4. The molecule has 2 aliphatic rings. The fourth-order valence-electron chi connectivity index (χ4n) is 3.26. The van der Waals surface area contributed by atoms with Crippen LogP contribution in [0.2, 0.25) is 0 Å². The fourth-order valence-corrected chi connectivity index (χ4v) is 3.26. The summed E-state index contributed by atoms with van der Waals surface area (Å²) in [6.45, 7) is 0. The lowest BCUT2D eigenvalue weighted by molar-refractivity contribution is -0.139. The molecule has 0 atom stereocenters. The monoisotopic (exact) mass is 319 g/mol. The first kappa shape index (κ1) is 15.5. The Morgan fingerprint density at radius 1 is 1.35 bits per heavy atom. The summed E-state index contributed by atoms with van der Waals surface area (Å²) in [5.74, 6) is -0.692. The third kappa shape index (κ3) is 3.06. The average molecular weight is 319 g/mol. The predicted octanol–water partition coefficient (Wildman–Crippen LogP) is 0.639. The molecule has 23 heavy (non-hydrogen) atoms. The van der Waals surface area contributed by atoms with Crippen molar-refractivity contribution in [3.8, 4) is 0 Å². The van der Waals surface area contributed by atoms with Crippen LogP contribution in [0.4, 0.5) is 4.79 Å². The largest absolute Gasteiger partial charge is 0.344 e. The Balaban J connectivity index is 1.57. The molecule has 0 unspecified atom stereocenters. The number of hydrogen-bond acceptors (Lipinski definition) is 4. The van der Waals surface area contributed by atoms with Crippen molar-refractivity contribution in [3.05, 3.63) is 18.0 Å². The summed E-state index contributed by atoms with van der Waals surface area (Å²) in [6.07, 6.45) is 8.39. The van der Waals surface area contributed by atoms with Gasteiger partial charge in [-0.1, -0.05) is 19.3 Å².